The third kappa shape index (κ3) is 4.31. The zero-order chi connectivity index (χ0) is 13.9. The summed E-state index contributed by atoms with van der Waals surface area (Å²) in [5.74, 6) is -0.617. The maximum atomic E-state index is 13.7. The molecule has 2 N–H and O–H groups in total. The van der Waals surface area contributed by atoms with Crippen LogP contribution in [-0.2, 0) is 4.79 Å². The number of halogens is 3. The third-order valence-electron chi connectivity index (χ3n) is 2.16. The fraction of sp³-hybridized carbons (Fsp3) is 0.364. The largest absolute Gasteiger partial charge is 0.389 e. The molecule has 0 amide bonds. The Kier molecular flexibility index (Phi) is 6.26. The summed E-state index contributed by atoms with van der Waals surface area (Å²) in [6.07, 6.45) is -2.61. The predicted molar refractivity (Wildman–Crippen MR) is 75.9 cm³/mol. The van der Waals surface area contributed by atoms with Crippen LogP contribution in [0, 0.1) is 5.82 Å². The molecular weight excluding hydrogens is 391 g/mol. The Labute approximate surface area is 125 Å². The summed E-state index contributed by atoms with van der Waals surface area (Å²) in [5.41, 5.74) is -0.0187. The lowest BCUT2D eigenvalue weighted by molar-refractivity contribution is -0.109. The first kappa shape index (κ1) is 16.1. The topological polar surface area (TPSA) is 57.5 Å². The molecule has 0 heterocycles. The zero-order valence-corrected chi connectivity index (χ0v) is 13.3. The van der Waals surface area contributed by atoms with E-state index >= 15 is 0 Å². The number of carbonyl (C=O) groups is 1. The van der Waals surface area contributed by atoms with Crippen molar-refractivity contribution in [2.45, 2.75) is 19.1 Å². The van der Waals surface area contributed by atoms with Gasteiger partial charge in [0.2, 0.25) is 0 Å². The smallest absolute Gasteiger partial charge is 0.185 e. The average Bonchev–Trinajstić information content (AvgIpc) is 2.24. The minimum absolute atomic E-state index is 0.0123. The van der Waals surface area contributed by atoms with Crippen LogP contribution in [0.15, 0.2) is 21.1 Å². The van der Waals surface area contributed by atoms with Gasteiger partial charge in [-0.15, -0.1) is 0 Å². The molecule has 0 aliphatic rings. The molecule has 0 fully saturated rings. The lowest BCUT2D eigenvalue weighted by Gasteiger charge is -2.19. The van der Waals surface area contributed by atoms with Gasteiger partial charge in [-0.2, -0.15) is 0 Å². The Balaban J connectivity index is 2.89. The van der Waals surface area contributed by atoms with Crippen LogP contribution >= 0.6 is 43.6 Å². The van der Waals surface area contributed by atoms with E-state index in [0.717, 1.165) is 11.8 Å². The summed E-state index contributed by atoms with van der Waals surface area (Å²) in [5, 5.41) is 19.4. The predicted octanol–water partition coefficient (Wildman–Crippen LogP) is 3.02. The van der Waals surface area contributed by atoms with Crippen molar-refractivity contribution < 1.29 is 19.4 Å². The fourth-order valence-corrected chi connectivity index (χ4v) is 3.32. The van der Waals surface area contributed by atoms with E-state index in [-0.39, 0.29) is 16.4 Å². The van der Waals surface area contributed by atoms with Gasteiger partial charge in [0.25, 0.3) is 0 Å². The van der Waals surface area contributed by atoms with Gasteiger partial charge in [0.15, 0.2) is 5.12 Å². The van der Waals surface area contributed by atoms with Crippen molar-refractivity contribution in [3.63, 3.8) is 0 Å². The second-order valence-corrected chi connectivity index (χ2v) is 6.56. The molecule has 0 spiro atoms. The van der Waals surface area contributed by atoms with E-state index in [4.69, 9.17) is 0 Å². The third-order valence-corrected chi connectivity index (χ3v) is 4.19. The highest BCUT2D eigenvalue weighted by molar-refractivity contribution is 9.11. The molecule has 1 aromatic rings. The van der Waals surface area contributed by atoms with Crippen molar-refractivity contribution in [1.29, 1.82) is 0 Å². The van der Waals surface area contributed by atoms with Gasteiger partial charge in [0.1, 0.15) is 11.9 Å². The van der Waals surface area contributed by atoms with E-state index in [1.807, 2.05) is 0 Å². The zero-order valence-electron chi connectivity index (χ0n) is 9.36. The second-order valence-electron chi connectivity index (χ2n) is 3.60. The molecule has 2 atom stereocenters. The van der Waals surface area contributed by atoms with E-state index < -0.39 is 18.0 Å². The normalized spacial score (nSPS) is 14.3. The number of hydrogen-bond donors (Lipinski definition) is 2. The molecular formula is C11H11Br2FO3S. The minimum Gasteiger partial charge on any atom is -0.389 e. The molecule has 3 nitrogen and oxygen atoms in total. The highest BCUT2D eigenvalue weighted by atomic mass is 79.9. The highest BCUT2D eigenvalue weighted by Gasteiger charge is 2.24. The summed E-state index contributed by atoms with van der Waals surface area (Å²) < 4.78 is 14.6. The first-order valence-electron chi connectivity index (χ1n) is 4.97. The van der Waals surface area contributed by atoms with Gasteiger partial charge in [-0.3, -0.25) is 4.79 Å². The lowest BCUT2D eigenvalue weighted by atomic mass is 10.1. The van der Waals surface area contributed by atoms with Crippen LogP contribution in [0.3, 0.4) is 0 Å². The van der Waals surface area contributed by atoms with Crippen molar-refractivity contribution in [2.24, 2.45) is 0 Å². The molecule has 0 saturated carbocycles. The molecule has 0 saturated heterocycles. The van der Waals surface area contributed by atoms with E-state index in [9.17, 15) is 19.4 Å². The molecule has 0 aliphatic heterocycles. The average molecular weight is 402 g/mol. The Morgan fingerprint density at radius 2 is 2.06 bits per heavy atom. The van der Waals surface area contributed by atoms with Gasteiger partial charge in [0.05, 0.1) is 6.10 Å². The van der Waals surface area contributed by atoms with Crippen LogP contribution in [-0.4, -0.2) is 27.2 Å². The van der Waals surface area contributed by atoms with Crippen LogP contribution in [0.5, 0.6) is 0 Å². The number of aliphatic hydroxyl groups is 2. The number of hydrogen-bond acceptors (Lipinski definition) is 4. The van der Waals surface area contributed by atoms with Gasteiger partial charge in [-0.05, 0) is 12.1 Å². The van der Waals surface area contributed by atoms with E-state index in [2.05, 4.69) is 31.9 Å². The Morgan fingerprint density at radius 1 is 1.44 bits per heavy atom. The van der Waals surface area contributed by atoms with E-state index in [1.54, 1.807) is 6.07 Å². The quantitative estimate of drug-likeness (QED) is 0.814. The standard InChI is InChI=1S/C11H11Br2FO3S/c1-5(15)18-4-9(16)11(17)10-7(13)2-6(12)3-8(10)14/h2-3,9,11,16-17H,4H2,1H3. The summed E-state index contributed by atoms with van der Waals surface area (Å²) in [7, 11) is 0. The highest BCUT2D eigenvalue weighted by Crippen LogP contribution is 2.32. The van der Waals surface area contributed by atoms with Gasteiger partial charge in [-0.1, -0.05) is 43.6 Å². The molecule has 0 bridgehead atoms. The SMILES string of the molecule is CC(=O)SCC(O)C(O)c1c(F)cc(Br)cc1Br. The summed E-state index contributed by atoms with van der Waals surface area (Å²) in [4.78, 5) is 10.8. The second kappa shape index (κ2) is 7.00. The minimum atomic E-state index is -1.39. The Bertz CT molecular complexity index is 433. The van der Waals surface area contributed by atoms with Crippen molar-refractivity contribution in [1.82, 2.24) is 0 Å². The molecule has 0 aromatic heterocycles. The molecule has 1 aromatic carbocycles. The summed E-state index contributed by atoms with van der Waals surface area (Å²) in [6, 6.07) is 2.78. The lowest BCUT2D eigenvalue weighted by Crippen LogP contribution is -2.22. The van der Waals surface area contributed by atoms with Crippen LogP contribution in [0.4, 0.5) is 4.39 Å². The fourth-order valence-electron chi connectivity index (χ4n) is 1.32. The van der Waals surface area contributed by atoms with Gasteiger partial charge >= 0.3 is 0 Å². The van der Waals surface area contributed by atoms with Crippen LogP contribution in [0.2, 0.25) is 0 Å². The monoisotopic (exact) mass is 400 g/mol. The van der Waals surface area contributed by atoms with Crippen molar-refractivity contribution in [2.75, 3.05) is 5.75 Å². The van der Waals surface area contributed by atoms with E-state index in [0.29, 0.717) is 8.95 Å². The maximum absolute atomic E-state index is 13.7. The molecule has 18 heavy (non-hydrogen) atoms. The molecule has 1 rings (SSSR count). The van der Waals surface area contributed by atoms with Crippen molar-refractivity contribution in [3.05, 3.63) is 32.5 Å². The van der Waals surface area contributed by atoms with Crippen LogP contribution in [0.1, 0.15) is 18.6 Å². The molecule has 0 aliphatic carbocycles. The number of carbonyl (C=O) groups excluding carboxylic acids is 1. The number of benzene rings is 1. The first-order valence-corrected chi connectivity index (χ1v) is 7.54. The molecule has 100 valence electrons. The van der Waals surface area contributed by atoms with Crippen molar-refractivity contribution >= 4 is 48.7 Å². The molecule has 2 unspecified atom stereocenters. The molecule has 7 heteroatoms. The summed E-state index contributed by atoms with van der Waals surface area (Å²) >= 11 is 7.13. The van der Waals surface area contributed by atoms with E-state index in [1.165, 1.54) is 13.0 Å². The maximum Gasteiger partial charge on any atom is 0.185 e. The Hall–Kier alpha value is 0.0500. The first-order chi connectivity index (χ1) is 8.32. The number of aliphatic hydroxyl groups excluding tert-OH is 2. The Morgan fingerprint density at radius 3 is 2.56 bits per heavy atom. The van der Waals surface area contributed by atoms with Crippen LogP contribution < -0.4 is 0 Å². The number of rotatable bonds is 4. The van der Waals surface area contributed by atoms with Gasteiger partial charge < -0.3 is 10.2 Å². The van der Waals surface area contributed by atoms with Crippen LogP contribution in [0.25, 0.3) is 0 Å². The summed E-state index contributed by atoms with van der Waals surface area (Å²) in [6.45, 7) is 1.36. The number of thioether (sulfide) groups is 1. The van der Waals surface area contributed by atoms with Gasteiger partial charge in [0, 0.05) is 27.2 Å². The molecule has 0 radical (unpaired) electrons. The van der Waals surface area contributed by atoms with Gasteiger partial charge in [-0.25, -0.2) is 4.39 Å². The van der Waals surface area contributed by atoms with Crippen molar-refractivity contribution in [3.8, 4) is 0 Å².